The number of anilines is 2. The third-order valence-corrected chi connectivity index (χ3v) is 5.48. The molecule has 27 heavy (non-hydrogen) atoms. The van der Waals surface area contributed by atoms with Crippen LogP contribution in [0.5, 0.6) is 0 Å². The molecule has 1 aliphatic carbocycles. The maximum absolute atomic E-state index is 11.9. The Kier molecular flexibility index (Phi) is 4.64. The molecule has 0 N–H and O–H groups in total. The van der Waals surface area contributed by atoms with Gasteiger partial charge in [0.2, 0.25) is 11.6 Å². The van der Waals surface area contributed by atoms with Crippen LogP contribution in [-0.4, -0.2) is 40.6 Å². The van der Waals surface area contributed by atoms with E-state index in [9.17, 15) is 10.1 Å². The van der Waals surface area contributed by atoms with Gasteiger partial charge in [-0.3, -0.25) is 10.1 Å². The summed E-state index contributed by atoms with van der Waals surface area (Å²) in [6, 6.07) is 4.06. The minimum atomic E-state index is -0.498. The van der Waals surface area contributed by atoms with Gasteiger partial charge < -0.3 is 9.80 Å². The quantitative estimate of drug-likeness (QED) is 0.441. The SMILES string of the molecule is CC1(C)CC2CC(C)(CN2c2ncnc(N(CC#N)CC#N)c2[N+](=O)[O-])C1. The Balaban J connectivity index is 2.07. The van der Waals surface area contributed by atoms with E-state index in [2.05, 4.69) is 30.7 Å². The van der Waals surface area contributed by atoms with E-state index < -0.39 is 4.92 Å². The van der Waals surface area contributed by atoms with E-state index >= 15 is 0 Å². The fraction of sp³-hybridized carbons (Fsp3) is 0.667. The minimum absolute atomic E-state index is 0.0268. The summed E-state index contributed by atoms with van der Waals surface area (Å²) in [6.07, 6.45) is 4.27. The fourth-order valence-corrected chi connectivity index (χ4v) is 5.05. The predicted molar refractivity (Wildman–Crippen MR) is 99.0 cm³/mol. The van der Waals surface area contributed by atoms with Crippen LogP contribution < -0.4 is 9.80 Å². The average molecular weight is 369 g/mol. The first-order valence-electron chi connectivity index (χ1n) is 8.95. The van der Waals surface area contributed by atoms with Gasteiger partial charge in [0.05, 0.1) is 17.1 Å². The first kappa shape index (κ1) is 18.8. The van der Waals surface area contributed by atoms with Crippen LogP contribution in [0.15, 0.2) is 6.33 Å². The summed E-state index contributed by atoms with van der Waals surface area (Å²) in [4.78, 5) is 23.1. The van der Waals surface area contributed by atoms with Crippen molar-refractivity contribution < 1.29 is 4.92 Å². The largest absolute Gasteiger partial charge is 0.353 e. The molecule has 0 amide bonds. The molecule has 1 aromatic rings. The summed E-state index contributed by atoms with van der Waals surface area (Å²) in [5, 5.41) is 30.0. The molecule has 2 fully saturated rings. The average Bonchev–Trinajstić information content (AvgIpc) is 2.82. The van der Waals surface area contributed by atoms with Gasteiger partial charge in [0.25, 0.3) is 0 Å². The Labute approximate surface area is 158 Å². The lowest BCUT2D eigenvalue weighted by atomic mass is 9.65. The van der Waals surface area contributed by atoms with Gasteiger partial charge in [0.1, 0.15) is 19.4 Å². The summed E-state index contributed by atoms with van der Waals surface area (Å²) in [5.74, 6) is 0.316. The Morgan fingerprint density at radius 2 is 1.96 bits per heavy atom. The molecule has 2 aliphatic rings. The third-order valence-electron chi connectivity index (χ3n) is 5.48. The zero-order chi connectivity index (χ0) is 19.8. The maximum Gasteiger partial charge on any atom is 0.353 e. The maximum atomic E-state index is 11.9. The van der Waals surface area contributed by atoms with Crippen molar-refractivity contribution in [2.45, 2.75) is 46.1 Å². The zero-order valence-electron chi connectivity index (χ0n) is 15.8. The van der Waals surface area contributed by atoms with E-state index in [1.54, 1.807) is 0 Å². The Morgan fingerprint density at radius 1 is 1.30 bits per heavy atom. The number of nitriles is 2. The molecular formula is C18H23N7O2. The molecule has 9 nitrogen and oxygen atoms in total. The van der Waals surface area contributed by atoms with Crippen LogP contribution >= 0.6 is 0 Å². The van der Waals surface area contributed by atoms with Crippen LogP contribution in [-0.2, 0) is 0 Å². The summed E-state index contributed by atoms with van der Waals surface area (Å²) < 4.78 is 0. The van der Waals surface area contributed by atoms with Crippen LogP contribution in [0.2, 0.25) is 0 Å². The zero-order valence-corrected chi connectivity index (χ0v) is 15.8. The Bertz CT molecular complexity index is 825. The van der Waals surface area contributed by atoms with E-state index in [1.807, 2.05) is 17.0 Å². The second-order valence-corrected chi connectivity index (χ2v) is 8.64. The van der Waals surface area contributed by atoms with Crippen LogP contribution in [0.4, 0.5) is 17.3 Å². The van der Waals surface area contributed by atoms with E-state index in [0.29, 0.717) is 6.54 Å². The molecule has 2 heterocycles. The molecule has 1 saturated heterocycles. The summed E-state index contributed by atoms with van der Waals surface area (Å²) >= 11 is 0. The van der Waals surface area contributed by atoms with E-state index in [-0.39, 0.29) is 47.3 Å². The summed E-state index contributed by atoms with van der Waals surface area (Å²) in [6.45, 7) is 7.10. The van der Waals surface area contributed by atoms with Gasteiger partial charge in [-0.2, -0.15) is 10.5 Å². The number of fused-ring (bicyclic) bond motifs is 2. The van der Waals surface area contributed by atoms with Gasteiger partial charge in [-0.05, 0) is 30.1 Å². The van der Waals surface area contributed by atoms with Crippen molar-refractivity contribution in [3.05, 3.63) is 16.4 Å². The van der Waals surface area contributed by atoms with Gasteiger partial charge in [0, 0.05) is 12.6 Å². The monoisotopic (exact) mass is 369 g/mol. The van der Waals surface area contributed by atoms with Gasteiger partial charge in [-0.25, -0.2) is 9.97 Å². The van der Waals surface area contributed by atoms with Crippen molar-refractivity contribution in [1.82, 2.24) is 9.97 Å². The van der Waals surface area contributed by atoms with Gasteiger partial charge in [-0.15, -0.1) is 0 Å². The molecular weight excluding hydrogens is 346 g/mol. The molecule has 2 unspecified atom stereocenters. The Morgan fingerprint density at radius 3 is 2.56 bits per heavy atom. The molecule has 1 saturated carbocycles. The topological polar surface area (TPSA) is 123 Å². The normalized spacial score (nSPS) is 25.5. The highest BCUT2D eigenvalue weighted by Crippen LogP contribution is 2.54. The highest BCUT2D eigenvalue weighted by atomic mass is 16.6. The van der Waals surface area contributed by atoms with Gasteiger partial charge >= 0.3 is 5.69 Å². The lowest BCUT2D eigenvalue weighted by molar-refractivity contribution is -0.383. The molecule has 1 aromatic heterocycles. The van der Waals surface area contributed by atoms with E-state index in [0.717, 1.165) is 19.3 Å². The number of nitro groups is 1. The number of aromatic nitrogens is 2. The Hall–Kier alpha value is -2.94. The van der Waals surface area contributed by atoms with Crippen LogP contribution in [0.25, 0.3) is 0 Å². The minimum Gasteiger partial charge on any atom is -0.347 e. The second-order valence-electron chi connectivity index (χ2n) is 8.64. The molecule has 0 aromatic carbocycles. The summed E-state index contributed by atoms with van der Waals surface area (Å²) in [5.41, 5.74) is 0.0340. The highest BCUT2D eigenvalue weighted by Gasteiger charge is 2.51. The van der Waals surface area contributed by atoms with Crippen molar-refractivity contribution in [3.63, 3.8) is 0 Å². The van der Waals surface area contributed by atoms with Crippen molar-refractivity contribution >= 4 is 17.3 Å². The fourth-order valence-electron chi connectivity index (χ4n) is 5.05. The lowest BCUT2D eigenvalue weighted by Gasteiger charge is -2.39. The van der Waals surface area contributed by atoms with Crippen LogP contribution in [0.3, 0.4) is 0 Å². The molecule has 3 rings (SSSR count). The second kappa shape index (κ2) is 6.66. The molecule has 2 bridgehead atoms. The van der Waals surface area contributed by atoms with Gasteiger partial charge in [-0.1, -0.05) is 20.8 Å². The first-order chi connectivity index (χ1) is 12.7. The van der Waals surface area contributed by atoms with E-state index in [4.69, 9.17) is 10.5 Å². The first-order valence-corrected chi connectivity index (χ1v) is 8.95. The van der Waals surface area contributed by atoms with Crippen molar-refractivity contribution in [3.8, 4) is 12.1 Å². The van der Waals surface area contributed by atoms with E-state index in [1.165, 1.54) is 11.2 Å². The predicted octanol–water partition coefficient (Wildman–Crippen LogP) is 2.64. The summed E-state index contributed by atoms with van der Waals surface area (Å²) in [7, 11) is 0. The third kappa shape index (κ3) is 3.50. The number of rotatable bonds is 5. The van der Waals surface area contributed by atoms with Gasteiger partial charge in [0.15, 0.2) is 0 Å². The molecule has 9 heteroatoms. The number of nitrogens with zero attached hydrogens (tertiary/aromatic N) is 7. The number of hydrogen-bond donors (Lipinski definition) is 0. The molecule has 1 aliphatic heterocycles. The van der Waals surface area contributed by atoms with Crippen molar-refractivity contribution in [1.29, 1.82) is 10.5 Å². The molecule has 142 valence electrons. The van der Waals surface area contributed by atoms with Crippen molar-refractivity contribution in [2.24, 2.45) is 10.8 Å². The van der Waals surface area contributed by atoms with Crippen molar-refractivity contribution in [2.75, 3.05) is 29.4 Å². The highest BCUT2D eigenvalue weighted by molar-refractivity contribution is 5.72. The standard InChI is InChI=1S/C18H23N7O2/c1-17(2)8-13-9-18(3,10-17)11-24(13)16-14(25(26)27)15(21-12-22-16)23(6-4-19)7-5-20/h12-13H,6-11H2,1-3H3. The molecule has 0 spiro atoms. The van der Waals surface area contributed by atoms with Crippen LogP contribution in [0, 0.1) is 43.6 Å². The number of hydrogen-bond acceptors (Lipinski definition) is 8. The molecule has 2 atom stereocenters. The molecule has 0 radical (unpaired) electrons. The lowest BCUT2D eigenvalue weighted by Crippen LogP contribution is -2.35. The van der Waals surface area contributed by atoms with Crippen LogP contribution in [0.1, 0.15) is 40.0 Å². The smallest absolute Gasteiger partial charge is 0.347 e.